The lowest BCUT2D eigenvalue weighted by atomic mass is 10.2. The minimum absolute atomic E-state index is 0.0312. The number of alkyl halides is 3. The van der Waals surface area contributed by atoms with Crippen molar-refractivity contribution in [3.63, 3.8) is 0 Å². The molecule has 3 rings (SSSR count). The van der Waals surface area contributed by atoms with Gasteiger partial charge in [0.25, 0.3) is 0 Å². The number of nitrogens with two attached hydrogens (primary N) is 1. The number of nitrogens with zero attached hydrogens (tertiary/aromatic N) is 3. The zero-order valence-corrected chi connectivity index (χ0v) is 14.6. The van der Waals surface area contributed by atoms with Crippen LogP contribution in [0.2, 0.25) is 5.02 Å². The van der Waals surface area contributed by atoms with E-state index < -0.39 is 11.7 Å². The number of ether oxygens (including phenoxy) is 1. The highest BCUT2D eigenvalue weighted by molar-refractivity contribution is 6.33. The van der Waals surface area contributed by atoms with Gasteiger partial charge in [-0.15, -0.1) is 0 Å². The Morgan fingerprint density at radius 3 is 2.41 bits per heavy atom. The zero-order chi connectivity index (χ0) is 19.6. The Hall–Kier alpha value is -3.07. The van der Waals surface area contributed by atoms with Gasteiger partial charge >= 0.3 is 6.18 Å². The van der Waals surface area contributed by atoms with Crippen LogP contribution >= 0.6 is 11.6 Å². The number of pyridine rings is 1. The summed E-state index contributed by atoms with van der Waals surface area (Å²) in [5, 5.41) is 2.46. The number of rotatable bonds is 4. The van der Waals surface area contributed by atoms with Gasteiger partial charge in [-0.2, -0.15) is 18.2 Å². The van der Waals surface area contributed by atoms with Gasteiger partial charge in [0.15, 0.2) is 5.82 Å². The quantitative estimate of drug-likeness (QED) is 0.648. The first-order valence-electron chi connectivity index (χ1n) is 7.59. The van der Waals surface area contributed by atoms with Crippen molar-refractivity contribution in [1.82, 2.24) is 15.0 Å². The fourth-order valence-corrected chi connectivity index (χ4v) is 2.29. The van der Waals surface area contributed by atoms with E-state index in [1.807, 2.05) is 19.1 Å². The molecule has 3 aromatic rings. The van der Waals surface area contributed by atoms with Crippen LogP contribution in [0, 0.1) is 6.92 Å². The number of hydrogen-bond acceptors (Lipinski definition) is 6. The van der Waals surface area contributed by atoms with Crippen LogP contribution in [0.1, 0.15) is 11.1 Å². The molecule has 0 radical (unpaired) electrons. The van der Waals surface area contributed by atoms with Crippen LogP contribution in [-0.2, 0) is 6.18 Å². The fourth-order valence-electron chi connectivity index (χ4n) is 2.08. The molecule has 0 bridgehead atoms. The van der Waals surface area contributed by atoms with Gasteiger partial charge in [-0.25, -0.2) is 9.97 Å². The summed E-state index contributed by atoms with van der Waals surface area (Å²) in [6.45, 7) is 1.94. The van der Waals surface area contributed by atoms with Crippen molar-refractivity contribution in [2.24, 2.45) is 0 Å². The Morgan fingerprint density at radius 2 is 1.78 bits per heavy atom. The lowest BCUT2D eigenvalue weighted by Crippen LogP contribution is -2.08. The first-order chi connectivity index (χ1) is 12.7. The summed E-state index contributed by atoms with van der Waals surface area (Å²) < 4.78 is 43.7. The van der Waals surface area contributed by atoms with Gasteiger partial charge < -0.3 is 15.8 Å². The second kappa shape index (κ2) is 7.28. The zero-order valence-electron chi connectivity index (χ0n) is 13.9. The van der Waals surface area contributed by atoms with E-state index in [1.54, 1.807) is 12.1 Å². The van der Waals surface area contributed by atoms with Crippen LogP contribution in [-0.4, -0.2) is 15.0 Å². The van der Waals surface area contributed by atoms with Gasteiger partial charge in [0.05, 0.1) is 10.6 Å². The molecule has 0 atom stereocenters. The number of anilines is 3. The highest BCUT2D eigenvalue weighted by Crippen LogP contribution is 2.35. The molecule has 0 saturated carbocycles. The van der Waals surface area contributed by atoms with Crippen LogP contribution < -0.4 is 15.8 Å². The lowest BCUT2D eigenvalue weighted by molar-refractivity contribution is -0.137. The maximum absolute atomic E-state index is 12.7. The molecule has 2 heterocycles. The maximum Gasteiger partial charge on any atom is 0.417 e. The second-order valence-corrected chi connectivity index (χ2v) is 5.94. The van der Waals surface area contributed by atoms with Crippen molar-refractivity contribution in [3.8, 4) is 11.6 Å². The number of nitrogens with one attached hydrogen (secondary N) is 1. The molecule has 0 aliphatic heterocycles. The first kappa shape index (κ1) is 18.7. The van der Waals surface area contributed by atoms with Crippen LogP contribution in [0.5, 0.6) is 11.6 Å². The molecule has 27 heavy (non-hydrogen) atoms. The number of nitrogen functional groups attached to an aromatic ring is 1. The molecule has 3 N–H and O–H groups in total. The van der Waals surface area contributed by atoms with Crippen molar-refractivity contribution in [1.29, 1.82) is 0 Å². The van der Waals surface area contributed by atoms with E-state index in [-0.39, 0.29) is 28.2 Å². The summed E-state index contributed by atoms with van der Waals surface area (Å²) in [4.78, 5) is 11.6. The van der Waals surface area contributed by atoms with E-state index in [2.05, 4.69) is 20.3 Å². The molecule has 0 amide bonds. The number of hydrogen-bond donors (Lipinski definition) is 2. The molecule has 6 nitrogen and oxygen atoms in total. The summed E-state index contributed by atoms with van der Waals surface area (Å²) >= 11 is 5.88. The molecule has 0 aliphatic carbocycles. The van der Waals surface area contributed by atoms with Gasteiger partial charge in [-0.1, -0.05) is 29.3 Å². The molecule has 2 aromatic heterocycles. The summed E-state index contributed by atoms with van der Waals surface area (Å²) in [6.07, 6.45) is -2.69. The van der Waals surface area contributed by atoms with E-state index in [1.165, 1.54) is 6.33 Å². The highest BCUT2D eigenvalue weighted by atomic mass is 35.5. The summed E-state index contributed by atoms with van der Waals surface area (Å²) in [6, 6.07) is 7.98. The summed E-state index contributed by atoms with van der Waals surface area (Å²) in [7, 11) is 0. The van der Waals surface area contributed by atoms with Gasteiger partial charge in [0.2, 0.25) is 5.88 Å². The van der Waals surface area contributed by atoms with E-state index in [4.69, 9.17) is 22.1 Å². The third-order valence-corrected chi connectivity index (χ3v) is 3.78. The lowest BCUT2D eigenvalue weighted by Gasteiger charge is -2.13. The number of aryl methyl sites for hydroxylation is 1. The van der Waals surface area contributed by atoms with Crippen molar-refractivity contribution in [2.45, 2.75) is 13.1 Å². The molecule has 1 aromatic carbocycles. The molecule has 10 heteroatoms. The third-order valence-electron chi connectivity index (χ3n) is 3.49. The van der Waals surface area contributed by atoms with E-state index in [0.29, 0.717) is 11.9 Å². The van der Waals surface area contributed by atoms with Gasteiger partial charge in [-0.3, -0.25) is 0 Å². The Bertz CT molecular complexity index is 964. The van der Waals surface area contributed by atoms with Gasteiger partial charge in [0, 0.05) is 6.20 Å². The summed E-state index contributed by atoms with van der Waals surface area (Å²) in [5.41, 5.74) is 6.14. The Morgan fingerprint density at radius 1 is 1.07 bits per heavy atom. The molecule has 140 valence electrons. The minimum atomic E-state index is -4.54. The fraction of sp³-hybridized carbons (Fsp3) is 0.118. The maximum atomic E-state index is 12.7. The standard InChI is InChI=1S/C17H13ClF3N5O/c1-9-2-4-11(5-3-9)27-16-13(22)15(24-8-25-16)26-14-12(18)6-10(7-23-14)17(19,20)21/h2-8H,22H2,1H3,(H,23,24,25,26). The minimum Gasteiger partial charge on any atom is -0.437 e. The monoisotopic (exact) mass is 395 g/mol. The summed E-state index contributed by atoms with van der Waals surface area (Å²) in [5.74, 6) is 0.666. The normalized spacial score (nSPS) is 11.3. The van der Waals surface area contributed by atoms with Crippen LogP contribution in [0.4, 0.5) is 30.5 Å². The Kier molecular flexibility index (Phi) is 5.04. The van der Waals surface area contributed by atoms with Crippen LogP contribution in [0.3, 0.4) is 0 Å². The molecule has 0 fully saturated rings. The van der Waals surface area contributed by atoms with Crippen LogP contribution in [0.15, 0.2) is 42.9 Å². The van der Waals surface area contributed by atoms with Crippen molar-refractivity contribution >= 4 is 28.9 Å². The molecule has 0 spiro atoms. The first-order valence-corrected chi connectivity index (χ1v) is 7.96. The molecular formula is C17H13ClF3N5O. The number of halogens is 4. The molecule has 0 saturated heterocycles. The molecular weight excluding hydrogens is 383 g/mol. The average molecular weight is 396 g/mol. The largest absolute Gasteiger partial charge is 0.437 e. The van der Waals surface area contributed by atoms with E-state index in [9.17, 15) is 13.2 Å². The van der Waals surface area contributed by atoms with Crippen molar-refractivity contribution in [2.75, 3.05) is 11.1 Å². The third kappa shape index (κ3) is 4.37. The van der Waals surface area contributed by atoms with Crippen molar-refractivity contribution in [3.05, 3.63) is 59.0 Å². The molecule has 0 unspecified atom stereocenters. The van der Waals surface area contributed by atoms with E-state index >= 15 is 0 Å². The smallest absolute Gasteiger partial charge is 0.417 e. The van der Waals surface area contributed by atoms with Crippen LogP contribution in [0.25, 0.3) is 0 Å². The number of aromatic nitrogens is 3. The van der Waals surface area contributed by atoms with Gasteiger partial charge in [-0.05, 0) is 25.1 Å². The van der Waals surface area contributed by atoms with Gasteiger partial charge in [0.1, 0.15) is 23.6 Å². The highest BCUT2D eigenvalue weighted by Gasteiger charge is 2.31. The van der Waals surface area contributed by atoms with Crippen molar-refractivity contribution < 1.29 is 17.9 Å². The second-order valence-electron chi connectivity index (χ2n) is 5.53. The average Bonchev–Trinajstić information content (AvgIpc) is 2.61. The predicted octanol–water partition coefficient (Wildman–Crippen LogP) is 4.97. The molecule has 0 aliphatic rings. The topological polar surface area (TPSA) is 86.0 Å². The number of benzene rings is 1. The Labute approximate surface area is 157 Å². The Balaban J connectivity index is 1.85. The predicted molar refractivity (Wildman–Crippen MR) is 95.2 cm³/mol. The van der Waals surface area contributed by atoms with E-state index in [0.717, 1.165) is 11.6 Å². The SMILES string of the molecule is Cc1ccc(Oc2ncnc(Nc3ncc(C(F)(F)F)cc3Cl)c2N)cc1.